The van der Waals surface area contributed by atoms with Crippen LogP contribution >= 0.6 is 7.26 Å². The van der Waals surface area contributed by atoms with Gasteiger partial charge in [-0.1, -0.05) is 54.6 Å². The zero-order valence-electron chi connectivity index (χ0n) is 17.3. The highest BCUT2D eigenvalue weighted by Crippen LogP contribution is 2.55. The molecule has 3 aromatic carbocycles. The highest BCUT2D eigenvalue weighted by molar-refractivity contribution is 7.95. The lowest BCUT2D eigenvalue weighted by molar-refractivity contribution is -0.142. The second kappa shape index (κ2) is 9.67. The van der Waals surface area contributed by atoms with Gasteiger partial charge in [-0.15, -0.1) is 0 Å². The number of carbonyl (C=O) groups is 1. The first-order valence-electron chi connectivity index (χ1n) is 9.96. The van der Waals surface area contributed by atoms with Crippen LogP contribution in [0.25, 0.3) is 0 Å². The Morgan fingerprint density at radius 3 is 1.52 bits per heavy atom. The van der Waals surface area contributed by atoms with Crippen molar-refractivity contribution in [2.75, 3.05) is 6.16 Å². The van der Waals surface area contributed by atoms with E-state index in [1.165, 1.54) is 15.9 Å². The Hall–Kier alpha value is -2.70. The van der Waals surface area contributed by atoms with Crippen molar-refractivity contribution in [3.63, 3.8) is 0 Å². The Morgan fingerprint density at radius 2 is 1.17 bits per heavy atom. The zero-order chi connectivity index (χ0) is 20.7. The minimum Gasteiger partial charge on any atom is -0.460 e. The molecule has 0 unspecified atom stereocenters. The molecule has 0 fully saturated rings. The lowest BCUT2D eigenvalue weighted by atomic mass is 10.3. The van der Waals surface area contributed by atoms with E-state index in [4.69, 9.17) is 4.74 Å². The number of hydrogen-bond acceptors (Lipinski definition) is 2. The number of esters is 1. The number of hydrogen-bond donors (Lipinski definition) is 0. The van der Waals surface area contributed by atoms with E-state index in [0.717, 1.165) is 6.16 Å². The standard InChI is InChI=1S/C26H28O2P/c1-21(2)28-26(27)22(3)19-20-29(23-13-7-4-8-14-23,24-15-9-5-10-16-24)25-17-11-6-12-18-25/h4-19,21H,20H2,1-3H3/q+1. The SMILES string of the molecule is CC(=CC[P+](c1ccccc1)(c1ccccc1)c1ccccc1)C(=O)OC(C)C. The molecule has 0 spiro atoms. The van der Waals surface area contributed by atoms with Gasteiger partial charge in [-0.2, -0.15) is 0 Å². The fourth-order valence-electron chi connectivity index (χ4n) is 3.48. The van der Waals surface area contributed by atoms with Crippen molar-refractivity contribution in [1.29, 1.82) is 0 Å². The Kier molecular flexibility index (Phi) is 7.01. The van der Waals surface area contributed by atoms with Crippen molar-refractivity contribution in [3.8, 4) is 0 Å². The molecule has 2 nitrogen and oxygen atoms in total. The first kappa shape index (κ1) is 21.0. The van der Waals surface area contributed by atoms with Crippen molar-refractivity contribution < 1.29 is 9.53 Å². The predicted octanol–water partition coefficient (Wildman–Crippen LogP) is 4.88. The third kappa shape index (κ3) is 4.83. The first-order chi connectivity index (χ1) is 14.0. The number of allylic oxidation sites excluding steroid dienone is 1. The number of ether oxygens (including phenoxy) is 1. The van der Waals surface area contributed by atoms with E-state index in [-0.39, 0.29) is 12.1 Å². The molecule has 0 saturated heterocycles. The Morgan fingerprint density at radius 1 is 0.793 bits per heavy atom. The quantitative estimate of drug-likeness (QED) is 0.319. The molecule has 0 atom stereocenters. The van der Waals surface area contributed by atoms with Crippen molar-refractivity contribution in [2.45, 2.75) is 26.9 Å². The topological polar surface area (TPSA) is 26.3 Å². The summed E-state index contributed by atoms with van der Waals surface area (Å²) in [7, 11) is -1.97. The van der Waals surface area contributed by atoms with Gasteiger partial charge >= 0.3 is 5.97 Å². The lowest BCUT2D eigenvalue weighted by Gasteiger charge is -2.26. The summed E-state index contributed by atoms with van der Waals surface area (Å²) in [5.74, 6) is -0.243. The molecule has 3 heteroatoms. The molecule has 0 aliphatic rings. The molecule has 0 radical (unpaired) electrons. The molecular formula is C26H28O2P+. The second-order valence-electron chi connectivity index (χ2n) is 7.34. The van der Waals surface area contributed by atoms with E-state index >= 15 is 0 Å². The van der Waals surface area contributed by atoms with Crippen LogP contribution in [0.15, 0.2) is 103 Å². The number of carbonyl (C=O) groups excluding carboxylic acids is 1. The van der Waals surface area contributed by atoms with Crippen LogP contribution < -0.4 is 15.9 Å². The highest BCUT2D eigenvalue weighted by atomic mass is 31.2. The van der Waals surface area contributed by atoms with Crippen LogP contribution in [-0.2, 0) is 9.53 Å². The van der Waals surface area contributed by atoms with Crippen molar-refractivity contribution in [3.05, 3.63) is 103 Å². The highest BCUT2D eigenvalue weighted by Gasteiger charge is 2.44. The first-order valence-corrected chi connectivity index (χ1v) is 11.9. The van der Waals surface area contributed by atoms with Crippen LogP contribution in [0.4, 0.5) is 0 Å². The molecule has 29 heavy (non-hydrogen) atoms. The predicted molar refractivity (Wildman–Crippen MR) is 125 cm³/mol. The molecule has 0 N–H and O–H groups in total. The van der Waals surface area contributed by atoms with Gasteiger partial charge in [0.05, 0.1) is 12.3 Å². The Balaban J connectivity index is 2.16. The van der Waals surface area contributed by atoms with Crippen LogP contribution in [0, 0.1) is 0 Å². The maximum absolute atomic E-state index is 12.4. The van der Waals surface area contributed by atoms with Gasteiger partial charge in [0.2, 0.25) is 0 Å². The fourth-order valence-corrected chi connectivity index (χ4v) is 7.59. The molecular weight excluding hydrogens is 375 g/mol. The van der Waals surface area contributed by atoms with Crippen LogP contribution in [0.3, 0.4) is 0 Å². The summed E-state index contributed by atoms with van der Waals surface area (Å²) in [6.07, 6.45) is 2.71. The summed E-state index contributed by atoms with van der Waals surface area (Å²) in [6, 6.07) is 32.0. The van der Waals surface area contributed by atoms with E-state index in [2.05, 4.69) is 97.1 Å². The summed E-state index contributed by atoms with van der Waals surface area (Å²) in [4.78, 5) is 12.4. The largest absolute Gasteiger partial charge is 0.460 e. The van der Waals surface area contributed by atoms with Gasteiger partial charge in [0, 0.05) is 5.57 Å². The number of benzene rings is 3. The summed E-state index contributed by atoms with van der Waals surface area (Å²) >= 11 is 0. The summed E-state index contributed by atoms with van der Waals surface area (Å²) in [5, 5.41) is 3.91. The summed E-state index contributed by atoms with van der Waals surface area (Å²) < 4.78 is 5.40. The fraction of sp³-hybridized carbons (Fsp3) is 0.192. The second-order valence-corrected chi connectivity index (χ2v) is 10.9. The van der Waals surface area contributed by atoms with Crippen LogP contribution in [0.2, 0.25) is 0 Å². The smallest absolute Gasteiger partial charge is 0.333 e. The molecule has 3 aromatic rings. The van der Waals surface area contributed by atoms with E-state index in [9.17, 15) is 4.79 Å². The van der Waals surface area contributed by atoms with Gasteiger partial charge < -0.3 is 4.74 Å². The molecule has 0 saturated carbocycles. The molecule has 148 valence electrons. The van der Waals surface area contributed by atoms with E-state index < -0.39 is 7.26 Å². The maximum atomic E-state index is 12.4. The third-order valence-corrected chi connectivity index (χ3v) is 9.20. The minimum atomic E-state index is -1.97. The van der Waals surface area contributed by atoms with Gasteiger partial charge in [0.25, 0.3) is 0 Å². The van der Waals surface area contributed by atoms with E-state index in [1.54, 1.807) is 0 Å². The van der Waals surface area contributed by atoms with Crippen molar-refractivity contribution >= 4 is 29.1 Å². The van der Waals surface area contributed by atoms with E-state index in [0.29, 0.717) is 5.57 Å². The Bertz CT molecular complexity index is 851. The molecule has 0 bridgehead atoms. The zero-order valence-corrected chi connectivity index (χ0v) is 18.2. The molecule has 0 aliphatic carbocycles. The van der Waals surface area contributed by atoms with Gasteiger partial charge in [-0.3, -0.25) is 0 Å². The van der Waals surface area contributed by atoms with Gasteiger partial charge in [-0.25, -0.2) is 4.79 Å². The summed E-state index contributed by atoms with van der Waals surface area (Å²) in [6.45, 7) is 5.60. The van der Waals surface area contributed by atoms with Crippen LogP contribution in [0.1, 0.15) is 20.8 Å². The van der Waals surface area contributed by atoms with Crippen molar-refractivity contribution in [2.24, 2.45) is 0 Å². The van der Waals surface area contributed by atoms with Gasteiger partial charge in [0.15, 0.2) is 0 Å². The Labute approximate surface area is 174 Å². The average molecular weight is 403 g/mol. The monoisotopic (exact) mass is 403 g/mol. The minimum absolute atomic E-state index is 0.122. The lowest BCUT2D eigenvalue weighted by Crippen LogP contribution is -2.33. The molecule has 0 aliphatic heterocycles. The van der Waals surface area contributed by atoms with E-state index in [1.807, 2.05) is 20.8 Å². The van der Waals surface area contributed by atoms with Crippen LogP contribution in [0.5, 0.6) is 0 Å². The van der Waals surface area contributed by atoms with Crippen molar-refractivity contribution in [1.82, 2.24) is 0 Å². The maximum Gasteiger partial charge on any atom is 0.333 e. The number of rotatable bonds is 7. The third-order valence-electron chi connectivity index (χ3n) is 4.93. The van der Waals surface area contributed by atoms with Gasteiger partial charge in [-0.05, 0) is 63.2 Å². The molecule has 0 heterocycles. The average Bonchev–Trinajstić information content (AvgIpc) is 2.76. The molecule has 3 rings (SSSR count). The normalized spacial score (nSPS) is 12.1. The van der Waals surface area contributed by atoms with Crippen LogP contribution in [-0.4, -0.2) is 18.2 Å². The summed E-state index contributed by atoms with van der Waals surface area (Å²) in [5.41, 5.74) is 0.658. The molecule has 0 aromatic heterocycles. The van der Waals surface area contributed by atoms with Gasteiger partial charge in [0.1, 0.15) is 23.2 Å². The molecule has 0 amide bonds.